The van der Waals surface area contributed by atoms with Crippen molar-refractivity contribution in [2.24, 2.45) is 0 Å². The van der Waals surface area contributed by atoms with Crippen LogP contribution < -0.4 is 4.90 Å². The van der Waals surface area contributed by atoms with E-state index >= 15 is 0 Å². The third-order valence-electron chi connectivity index (χ3n) is 4.33. The SMILES string of the molecule is CCOC(=O)C(=O)N1CCC(P(=O)(OCC)OCC)c2cc(C(F)(F)F)ccc21. The first-order valence-corrected chi connectivity index (χ1v) is 10.8. The molecule has 1 aliphatic rings. The number of carbonyl (C=O) groups excluding carboxylic acids is 2. The molecule has 0 aromatic heterocycles. The Morgan fingerprint density at radius 1 is 1.14 bits per heavy atom. The van der Waals surface area contributed by atoms with Crippen molar-refractivity contribution >= 4 is 25.2 Å². The van der Waals surface area contributed by atoms with Crippen LogP contribution in [0.5, 0.6) is 0 Å². The van der Waals surface area contributed by atoms with E-state index in [1.165, 1.54) is 6.92 Å². The van der Waals surface area contributed by atoms with Crippen LogP contribution in [0, 0.1) is 0 Å². The second kappa shape index (κ2) is 9.28. The highest BCUT2D eigenvalue weighted by Gasteiger charge is 2.44. The van der Waals surface area contributed by atoms with E-state index in [9.17, 15) is 27.3 Å². The molecule has 1 atom stereocenters. The maximum Gasteiger partial charge on any atom is 0.416 e. The molecule has 0 spiro atoms. The van der Waals surface area contributed by atoms with Crippen molar-refractivity contribution in [3.05, 3.63) is 29.3 Å². The summed E-state index contributed by atoms with van der Waals surface area (Å²) in [4.78, 5) is 25.3. The van der Waals surface area contributed by atoms with Gasteiger partial charge in [-0.3, -0.25) is 9.36 Å². The summed E-state index contributed by atoms with van der Waals surface area (Å²) < 4.78 is 68.5. The second-order valence-corrected chi connectivity index (χ2v) is 8.35. The van der Waals surface area contributed by atoms with Crippen LogP contribution in [0.1, 0.15) is 44.0 Å². The van der Waals surface area contributed by atoms with Crippen LogP contribution in [-0.4, -0.2) is 38.2 Å². The molecular formula is C18H23F3NO6P. The minimum absolute atomic E-state index is 0.00324. The van der Waals surface area contributed by atoms with Crippen molar-refractivity contribution in [2.45, 2.75) is 39.0 Å². The summed E-state index contributed by atoms with van der Waals surface area (Å²) in [5.41, 5.74) is -1.95. The summed E-state index contributed by atoms with van der Waals surface area (Å²) in [5, 5.41) is 0. The number of amides is 1. The van der Waals surface area contributed by atoms with Crippen molar-refractivity contribution in [1.29, 1.82) is 0 Å². The molecule has 162 valence electrons. The lowest BCUT2D eigenvalue weighted by Crippen LogP contribution is -2.42. The molecule has 0 saturated carbocycles. The van der Waals surface area contributed by atoms with Crippen LogP contribution in [0.3, 0.4) is 0 Å². The monoisotopic (exact) mass is 437 g/mol. The average molecular weight is 437 g/mol. The predicted octanol–water partition coefficient (Wildman–Crippen LogP) is 4.31. The number of hydrogen-bond donors (Lipinski definition) is 0. The van der Waals surface area contributed by atoms with Gasteiger partial charge >= 0.3 is 25.6 Å². The van der Waals surface area contributed by atoms with E-state index in [0.717, 1.165) is 23.1 Å². The Hall–Kier alpha value is -1.90. The Morgan fingerprint density at radius 3 is 2.28 bits per heavy atom. The summed E-state index contributed by atoms with van der Waals surface area (Å²) in [5.74, 6) is -2.12. The molecule has 1 aliphatic heterocycles. The second-order valence-electron chi connectivity index (χ2n) is 6.13. The zero-order chi connectivity index (χ0) is 21.8. The van der Waals surface area contributed by atoms with Gasteiger partial charge in [-0.05, 0) is 51.0 Å². The molecular weight excluding hydrogens is 414 g/mol. The van der Waals surface area contributed by atoms with E-state index in [0.29, 0.717) is 0 Å². The lowest BCUT2D eigenvalue weighted by molar-refractivity contribution is -0.153. The number of hydrogen-bond acceptors (Lipinski definition) is 6. The zero-order valence-electron chi connectivity index (χ0n) is 16.3. The van der Waals surface area contributed by atoms with Crippen LogP contribution in [0.2, 0.25) is 0 Å². The third kappa shape index (κ3) is 4.99. The summed E-state index contributed by atoms with van der Waals surface area (Å²) in [7, 11) is -3.81. The zero-order valence-corrected chi connectivity index (χ0v) is 17.2. The lowest BCUT2D eigenvalue weighted by Gasteiger charge is -2.36. The Balaban J connectivity index is 2.59. The highest BCUT2D eigenvalue weighted by atomic mass is 31.2. The molecule has 1 unspecified atom stereocenters. The number of anilines is 1. The number of rotatable bonds is 6. The topological polar surface area (TPSA) is 82.1 Å². The highest BCUT2D eigenvalue weighted by molar-refractivity contribution is 7.54. The molecule has 1 heterocycles. The fourth-order valence-electron chi connectivity index (χ4n) is 3.19. The number of esters is 1. The summed E-state index contributed by atoms with van der Waals surface area (Å²) in [6.07, 6.45) is -4.65. The van der Waals surface area contributed by atoms with Gasteiger partial charge in [-0.15, -0.1) is 0 Å². The van der Waals surface area contributed by atoms with Crippen LogP contribution >= 0.6 is 7.60 Å². The summed E-state index contributed by atoms with van der Waals surface area (Å²) >= 11 is 0. The van der Waals surface area contributed by atoms with Crippen molar-refractivity contribution in [3.8, 4) is 0 Å². The normalized spacial score (nSPS) is 17.0. The smallest absolute Gasteiger partial charge is 0.416 e. The Morgan fingerprint density at radius 2 is 1.76 bits per heavy atom. The predicted molar refractivity (Wildman–Crippen MR) is 98.6 cm³/mol. The molecule has 11 heteroatoms. The Kier molecular flexibility index (Phi) is 7.48. The van der Waals surface area contributed by atoms with Crippen molar-refractivity contribution in [3.63, 3.8) is 0 Å². The Bertz CT molecular complexity index is 803. The molecule has 1 aromatic carbocycles. The van der Waals surface area contributed by atoms with E-state index in [1.807, 2.05) is 0 Å². The molecule has 0 radical (unpaired) electrons. The third-order valence-corrected chi connectivity index (χ3v) is 6.86. The number of halogens is 3. The van der Waals surface area contributed by atoms with E-state index in [2.05, 4.69) is 0 Å². The number of carbonyl (C=O) groups is 2. The van der Waals surface area contributed by atoms with Crippen LogP contribution in [-0.2, 0) is 34.1 Å². The standard InChI is InChI=1S/C18H23F3NO6P/c1-4-26-17(24)16(23)22-10-9-15(29(25,27-5-2)28-6-3)13-11-12(18(19,20)21)7-8-14(13)22/h7-8,11,15H,4-6,9-10H2,1-3H3. The van der Waals surface area contributed by atoms with E-state index in [-0.39, 0.29) is 44.0 Å². The molecule has 0 fully saturated rings. The molecule has 0 N–H and O–H groups in total. The molecule has 1 aromatic rings. The minimum Gasteiger partial charge on any atom is -0.459 e. The molecule has 7 nitrogen and oxygen atoms in total. The summed E-state index contributed by atoms with van der Waals surface area (Å²) in [6.45, 7) is 4.72. The van der Waals surface area contributed by atoms with Gasteiger partial charge in [0.15, 0.2) is 0 Å². The average Bonchev–Trinajstić information content (AvgIpc) is 2.66. The van der Waals surface area contributed by atoms with Gasteiger partial charge in [0.1, 0.15) is 0 Å². The number of alkyl halides is 3. The molecule has 0 saturated heterocycles. The number of benzene rings is 1. The Labute approximate surface area is 166 Å². The quantitative estimate of drug-likeness (QED) is 0.375. The first-order chi connectivity index (χ1) is 13.6. The van der Waals surface area contributed by atoms with Gasteiger partial charge in [-0.25, -0.2) is 4.79 Å². The van der Waals surface area contributed by atoms with Gasteiger partial charge in [-0.1, -0.05) is 0 Å². The van der Waals surface area contributed by atoms with Gasteiger partial charge in [0.25, 0.3) is 0 Å². The van der Waals surface area contributed by atoms with Crippen molar-refractivity contribution in [2.75, 3.05) is 31.3 Å². The van der Waals surface area contributed by atoms with Crippen LogP contribution in [0.25, 0.3) is 0 Å². The molecule has 0 aliphatic carbocycles. The van der Waals surface area contributed by atoms with Gasteiger partial charge < -0.3 is 18.7 Å². The van der Waals surface area contributed by atoms with Crippen molar-refractivity contribution in [1.82, 2.24) is 0 Å². The fraction of sp³-hybridized carbons (Fsp3) is 0.556. The maximum atomic E-state index is 13.3. The van der Waals surface area contributed by atoms with Crippen LogP contribution in [0.15, 0.2) is 18.2 Å². The van der Waals surface area contributed by atoms with E-state index in [1.54, 1.807) is 13.8 Å². The van der Waals surface area contributed by atoms with E-state index in [4.69, 9.17) is 13.8 Å². The van der Waals surface area contributed by atoms with Gasteiger partial charge in [0.05, 0.1) is 31.0 Å². The fourth-order valence-corrected chi connectivity index (χ4v) is 5.32. The molecule has 2 rings (SSSR count). The number of fused-ring (bicyclic) bond motifs is 1. The lowest BCUT2D eigenvalue weighted by atomic mass is 9.98. The first kappa shape index (κ1) is 23.4. The number of ether oxygens (including phenoxy) is 1. The highest BCUT2D eigenvalue weighted by Crippen LogP contribution is 2.65. The van der Waals surface area contributed by atoms with Gasteiger partial charge in [-0.2, -0.15) is 13.2 Å². The number of nitrogens with zero attached hydrogens (tertiary/aromatic N) is 1. The minimum atomic E-state index is -4.64. The van der Waals surface area contributed by atoms with Gasteiger partial charge in [0, 0.05) is 12.2 Å². The first-order valence-electron chi connectivity index (χ1n) is 9.17. The molecule has 29 heavy (non-hydrogen) atoms. The largest absolute Gasteiger partial charge is 0.459 e. The maximum absolute atomic E-state index is 13.3. The van der Waals surface area contributed by atoms with Gasteiger partial charge in [0.2, 0.25) is 0 Å². The molecule has 0 bridgehead atoms. The van der Waals surface area contributed by atoms with Crippen molar-refractivity contribution < 1.29 is 41.1 Å². The van der Waals surface area contributed by atoms with E-state index < -0.39 is 36.9 Å². The van der Waals surface area contributed by atoms with Crippen LogP contribution in [0.4, 0.5) is 18.9 Å². The summed E-state index contributed by atoms with van der Waals surface area (Å²) in [6, 6.07) is 2.72. The molecule has 1 amide bonds.